The molecule has 0 amide bonds. The fourth-order valence-electron chi connectivity index (χ4n) is 3.30. The minimum absolute atomic E-state index is 0.109. The second-order valence-corrected chi connectivity index (χ2v) is 7.26. The van der Waals surface area contributed by atoms with E-state index in [0.29, 0.717) is 5.82 Å². The summed E-state index contributed by atoms with van der Waals surface area (Å²) in [4.78, 5) is 6.67. The van der Waals surface area contributed by atoms with Gasteiger partial charge in [0.25, 0.3) is 0 Å². The summed E-state index contributed by atoms with van der Waals surface area (Å²) < 4.78 is 26.8. The van der Waals surface area contributed by atoms with Gasteiger partial charge in [0.15, 0.2) is 5.82 Å². The molecular formula is C21H22F2N6. The van der Waals surface area contributed by atoms with E-state index < -0.39 is 11.6 Å². The number of piperidine rings is 1. The van der Waals surface area contributed by atoms with Gasteiger partial charge in [-0.2, -0.15) is 10.1 Å². The van der Waals surface area contributed by atoms with Gasteiger partial charge in [-0.3, -0.25) is 0 Å². The van der Waals surface area contributed by atoms with Crippen molar-refractivity contribution in [3.05, 3.63) is 60.3 Å². The molecule has 29 heavy (non-hydrogen) atoms. The normalized spacial score (nSPS) is 14.7. The van der Waals surface area contributed by atoms with Crippen LogP contribution in [0.5, 0.6) is 0 Å². The summed E-state index contributed by atoms with van der Waals surface area (Å²) in [5.41, 5.74) is 2.13. The maximum Gasteiger partial charge on any atom is 0.249 e. The van der Waals surface area contributed by atoms with Gasteiger partial charge in [-0.1, -0.05) is 6.92 Å². The summed E-state index contributed by atoms with van der Waals surface area (Å²) >= 11 is 0. The van der Waals surface area contributed by atoms with Crippen molar-refractivity contribution < 1.29 is 8.78 Å². The number of hydrogen-bond donors (Lipinski definition) is 2. The largest absolute Gasteiger partial charge is 0.372 e. The molecule has 3 aromatic rings. The number of hydrogen-bond acceptors (Lipinski definition) is 6. The van der Waals surface area contributed by atoms with Crippen molar-refractivity contribution in [1.29, 1.82) is 0 Å². The maximum atomic E-state index is 13.8. The number of anilines is 5. The van der Waals surface area contributed by atoms with Crippen molar-refractivity contribution in [2.45, 2.75) is 19.8 Å². The van der Waals surface area contributed by atoms with Gasteiger partial charge in [0.05, 0.1) is 11.9 Å². The van der Waals surface area contributed by atoms with E-state index in [0.717, 1.165) is 30.8 Å². The van der Waals surface area contributed by atoms with Crippen molar-refractivity contribution in [1.82, 2.24) is 15.2 Å². The Balaban J connectivity index is 1.42. The fourth-order valence-corrected chi connectivity index (χ4v) is 3.30. The van der Waals surface area contributed by atoms with Gasteiger partial charge in [0.1, 0.15) is 11.6 Å². The topological polar surface area (TPSA) is 66.0 Å². The van der Waals surface area contributed by atoms with Crippen LogP contribution >= 0.6 is 0 Å². The molecule has 2 N–H and O–H groups in total. The monoisotopic (exact) mass is 396 g/mol. The molecule has 1 saturated heterocycles. The van der Waals surface area contributed by atoms with E-state index in [1.54, 1.807) is 0 Å². The minimum atomic E-state index is -0.708. The van der Waals surface area contributed by atoms with E-state index in [1.165, 1.54) is 36.9 Å². The Kier molecular flexibility index (Phi) is 5.50. The smallest absolute Gasteiger partial charge is 0.249 e. The first kappa shape index (κ1) is 19.0. The third kappa shape index (κ3) is 4.77. The zero-order chi connectivity index (χ0) is 20.2. The predicted octanol–water partition coefficient (Wildman–Crippen LogP) is 4.87. The van der Waals surface area contributed by atoms with E-state index in [-0.39, 0.29) is 11.6 Å². The van der Waals surface area contributed by atoms with Crippen molar-refractivity contribution >= 4 is 28.8 Å². The van der Waals surface area contributed by atoms with Crippen LogP contribution in [0.25, 0.3) is 0 Å². The Morgan fingerprint density at radius 1 is 1.00 bits per heavy atom. The highest BCUT2D eigenvalue weighted by Gasteiger charge is 2.16. The van der Waals surface area contributed by atoms with Crippen LogP contribution < -0.4 is 15.5 Å². The van der Waals surface area contributed by atoms with Crippen LogP contribution in [0, 0.1) is 17.6 Å². The Morgan fingerprint density at radius 2 is 1.76 bits per heavy atom. The van der Waals surface area contributed by atoms with Crippen LogP contribution in [0.15, 0.2) is 48.7 Å². The third-order valence-corrected chi connectivity index (χ3v) is 5.02. The van der Waals surface area contributed by atoms with Crippen molar-refractivity contribution in [3.63, 3.8) is 0 Å². The standard InChI is InChI=1S/C21H22F2N6/c1-14-8-10-29(11-9-14)17-5-3-16(4-6-17)25-21-27-20(13-24-28-21)26-19-7-2-15(22)12-18(19)23/h2-7,12-14H,8-11H2,1H3,(H2,25,26,27,28). The zero-order valence-corrected chi connectivity index (χ0v) is 16.1. The van der Waals surface area contributed by atoms with Gasteiger partial charge in [-0.15, -0.1) is 5.10 Å². The van der Waals surface area contributed by atoms with E-state index in [1.807, 2.05) is 12.1 Å². The highest BCUT2D eigenvalue weighted by molar-refractivity contribution is 5.61. The molecule has 1 aromatic heterocycles. The fraction of sp³-hybridized carbons (Fsp3) is 0.286. The number of halogens is 2. The first-order valence-corrected chi connectivity index (χ1v) is 9.60. The van der Waals surface area contributed by atoms with Crippen LogP contribution in [0.1, 0.15) is 19.8 Å². The Hall–Kier alpha value is -3.29. The van der Waals surface area contributed by atoms with Gasteiger partial charge in [-0.25, -0.2) is 8.78 Å². The molecule has 0 bridgehead atoms. The molecule has 0 spiro atoms. The summed E-state index contributed by atoms with van der Waals surface area (Å²) in [6.45, 7) is 4.45. The van der Waals surface area contributed by atoms with Crippen LogP contribution in [-0.2, 0) is 0 Å². The van der Waals surface area contributed by atoms with Gasteiger partial charge in [0.2, 0.25) is 5.95 Å². The lowest BCUT2D eigenvalue weighted by Crippen LogP contribution is -2.32. The molecule has 2 heterocycles. The molecular weight excluding hydrogens is 374 g/mol. The molecule has 0 unspecified atom stereocenters. The van der Waals surface area contributed by atoms with E-state index >= 15 is 0 Å². The van der Waals surface area contributed by atoms with Gasteiger partial charge >= 0.3 is 0 Å². The lowest BCUT2D eigenvalue weighted by molar-refractivity contribution is 0.438. The van der Waals surface area contributed by atoms with Crippen molar-refractivity contribution in [2.24, 2.45) is 5.92 Å². The molecule has 0 aliphatic carbocycles. The summed E-state index contributed by atoms with van der Waals surface area (Å²) in [6, 6.07) is 11.4. The van der Waals surface area contributed by atoms with Crippen LogP contribution in [0.4, 0.5) is 37.6 Å². The second-order valence-electron chi connectivity index (χ2n) is 7.26. The predicted molar refractivity (Wildman–Crippen MR) is 110 cm³/mol. The Bertz CT molecular complexity index is 971. The summed E-state index contributed by atoms with van der Waals surface area (Å²) in [5.74, 6) is 0.0183. The molecule has 0 saturated carbocycles. The van der Waals surface area contributed by atoms with E-state index in [2.05, 4.69) is 49.8 Å². The second kappa shape index (κ2) is 8.38. The average molecular weight is 396 g/mol. The molecule has 1 aliphatic heterocycles. The third-order valence-electron chi connectivity index (χ3n) is 5.02. The SMILES string of the molecule is CC1CCN(c2ccc(Nc3nncc(Nc4ccc(F)cc4F)n3)cc2)CC1. The lowest BCUT2D eigenvalue weighted by atomic mass is 9.99. The average Bonchev–Trinajstić information content (AvgIpc) is 2.72. The first-order valence-electron chi connectivity index (χ1n) is 9.60. The summed E-state index contributed by atoms with van der Waals surface area (Å²) in [6.07, 6.45) is 3.80. The van der Waals surface area contributed by atoms with E-state index in [9.17, 15) is 8.78 Å². The number of rotatable bonds is 5. The molecule has 0 atom stereocenters. The zero-order valence-electron chi connectivity index (χ0n) is 16.1. The molecule has 1 fully saturated rings. The number of nitrogens with one attached hydrogen (secondary N) is 2. The van der Waals surface area contributed by atoms with Gasteiger partial charge in [-0.05, 0) is 55.2 Å². The molecule has 0 radical (unpaired) electrons. The number of aromatic nitrogens is 3. The lowest BCUT2D eigenvalue weighted by Gasteiger charge is -2.32. The maximum absolute atomic E-state index is 13.8. The molecule has 1 aliphatic rings. The summed E-state index contributed by atoms with van der Waals surface area (Å²) in [7, 11) is 0. The Labute approximate surface area is 168 Å². The van der Waals surface area contributed by atoms with Crippen LogP contribution in [0.3, 0.4) is 0 Å². The van der Waals surface area contributed by atoms with Crippen LogP contribution in [0.2, 0.25) is 0 Å². The summed E-state index contributed by atoms with van der Waals surface area (Å²) in [5, 5.41) is 13.7. The number of benzene rings is 2. The molecule has 150 valence electrons. The van der Waals surface area contributed by atoms with E-state index in [4.69, 9.17) is 0 Å². The quantitative estimate of drug-likeness (QED) is 0.641. The van der Waals surface area contributed by atoms with Crippen molar-refractivity contribution in [2.75, 3.05) is 28.6 Å². The molecule has 6 nitrogen and oxygen atoms in total. The van der Waals surface area contributed by atoms with Crippen molar-refractivity contribution in [3.8, 4) is 0 Å². The molecule has 4 rings (SSSR count). The van der Waals surface area contributed by atoms with Gasteiger partial charge < -0.3 is 15.5 Å². The van der Waals surface area contributed by atoms with Crippen LogP contribution in [-0.4, -0.2) is 28.3 Å². The molecule has 2 aromatic carbocycles. The number of nitrogens with zero attached hydrogens (tertiary/aromatic N) is 4. The first-order chi connectivity index (χ1) is 14.1. The minimum Gasteiger partial charge on any atom is -0.372 e. The molecule has 8 heteroatoms. The Morgan fingerprint density at radius 3 is 2.48 bits per heavy atom. The highest BCUT2D eigenvalue weighted by Crippen LogP contribution is 2.25. The highest BCUT2D eigenvalue weighted by atomic mass is 19.1. The van der Waals surface area contributed by atoms with Gasteiger partial charge in [0, 0.05) is 30.5 Å².